The van der Waals surface area contributed by atoms with Crippen LogP contribution in [0.15, 0.2) is 17.0 Å². The molecule has 0 saturated carbocycles. The third-order valence-electron chi connectivity index (χ3n) is 2.61. The second kappa shape index (κ2) is 5.50. The first kappa shape index (κ1) is 15.5. The minimum atomic E-state index is -4.19. The van der Waals surface area contributed by atoms with E-state index in [9.17, 15) is 23.1 Å². The summed E-state index contributed by atoms with van der Waals surface area (Å²) in [6, 6.07) is 1.73. The third kappa shape index (κ3) is 3.07. The van der Waals surface area contributed by atoms with Gasteiger partial charge in [-0.05, 0) is 29.5 Å². The van der Waals surface area contributed by atoms with Gasteiger partial charge in [-0.1, -0.05) is 5.10 Å². The van der Waals surface area contributed by atoms with Crippen molar-refractivity contribution in [3.8, 4) is 5.75 Å². The number of tetrazole rings is 1. The predicted octanol–water partition coefficient (Wildman–Crippen LogP) is -0.992. The average Bonchev–Trinajstić information content (AvgIpc) is 2.89. The lowest BCUT2D eigenvalue weighted by Crippen LogP contribution is -2.18. The van der Waals surface area contributed by atoms with E-state index in [0.717, 1.165) is 19.1 Å². The van der Waals surface area contributed by atoms with Crippen molar-refractivity contribution in [3.63, 3.8) is 0 Å². The topological polar surface area (TPSA) is 181 Å². The number of H-pyrrole nitrogens is 1. The van der Waals surface area contributed by atoms with E-state index in [1.54, 1.807) is 0 Å². The molecule has 11 nitrogen and oxygen atoms in total. The van der Waals surface area contributed by atoms with E-state index in [4.69, 9.17) is 5.14 Å². The lowest BCUT2D eigenvalue weighted by Gasteiger charge is -2.10. The quantitative estimate of drug-likeness (QED) is 0.516. The number of hydrogen-bond acceptors (Lipinski definition) is 8. The highest BCUT2D eigenvalue weighted by atomic mass is 32.2. The van der Waals surface area contributed by atoms with Crippen LogP contribution < -0.4 is 10.5 Å². The molecule has 2 rings (SSSR count). The number of rotatable bonds is 4. The predicted molar refractivity (Wildman–Crippen MR) is 71.6 cm³/mol. The number of aromatic hydroxyl groups is 1. The molecular formula is C10H10N6O5S. The van der Waals surface area contributed by atoms with E-state index in [2.05, 4.69) is 25.9 Å². The van der Waals surface area contributed by atoms with Gasteiger partial charge in [-0.3, -0.25) is 14.9 Å². The van der Waals surface area contributed by atoms with E-state index in [-0.39, 0.29) is 11.5 Å². The summed E-state index contributed by atoms with van der Waals surface area (Å²) in [6.45, 7) is 1.10. The molecule has 0 aliphatic rings. The molecule has 0 saturated heterocycles. The highest BCUT2D eigenvalue weighted by Crippen LogP contribution is 2.27. The van der Waals surface area contributed by atoms with Crippen LogP contribution in [0.3, 0.4) is 0 Å². The fourth-order valence-electron chi connectivity index (χ4n) is 1.60. The number of carbonyl (C=O) groups excluding carboxylic acids is 2. The van der Waals surface area contributed by atoms with Gasteiger partial charge in [-0.15, -0.1) is 0 Å². The van der Waals surface area contributed by atoms with Gasteiger partial charge in [0.2, 0.25) is 16.0 Å². The summed E-state index contributed by atoms with van der Waals surface area (Å²) in [6.07, 6.45) is 0. The molecule has 1 aromatic heterocycles. The van der Waals surface area contributed by atoms with Crippen LogP contribution in [0.2, 0.25) is 0 Å². The molecule has 22 heavy (non-hydrogen) atoms. The Kier molecular flexibility index (Phi) is 3.88. The summed E-state index contributed by atoms with van der Waals surface area (Å²) >= 11 is 0. The van der Waals surface area contributed by atoms with E-state index in [1.807, 2.05) is 0 Å². The third-order valence-corrected chi connectivity index (χ3v) is 3.51. The number of primary sulfonamides is 1. The van der Waals surface area contributed by atoms with E-state index in [1.165, 1.54) is 0 Å². The van der Waals surface area contributed by atoms with Gasteiger partial charge < -0.3 is 5.11 Å². The molecule has 0 unspecified atom stereocenters. The Balaban J connectivity index is 2.56. The van der Waals surface area contributed by atoms with Crippen molar-refractivity contribution in [2.75, 3.05) is 5.32 Å². The Hall–Kier alpha value is -2.86. The number of nitrogens with two attached hydrogens (primary N) is 1. The normalized spacial score (nSPS) is 11.2. The van der Waals surface area contributed by atoms with Gasteiger partial charge in [0.1, 0.15) is 5.75 Å². The molecule has 0 atom stereocenters. The molecule has 5 N–H and O–H groups in total. The molecule has 0 spiro atoms. The van der Waals surface area contributed by atoms with Crippen LogP contribution in [-0.4, -0.2) is 45.8 Å². The molecule has 12 heteroatoms. The van der Waals surface area contributed by atoms with Gasteiger partial charge in [0, 0.05) is 0 Å². The van der Waals surface area contributed by atoms with Crippen LogP contribution in [0.5, 0.6) is 5.75 Å². The lowest BCUT2D eigenvalue weighted by molar-refractivity contribution is 0.101. The highest BCUT2D eigenvalue weighted by molar-refractivity contribution is 7.89. The number of ketones is 1. The van der Waals surface area contributed by atoms with Gasteiger partial charge in [0.05, 0.1) is 16.0 Å². The van der Waals surface area contributed by atoms with Gasteiger partial charge in [0.25, 0.3) is 5.91 Å². The zero-order valence-electron chi connectivity index (χ0n) is 11.1. The number of sulfonamides is 1. The van der Waals surface area contributed by atoms with Crippen LogP contribution in [0.4, 0.5) is 5.95 Å². The number of aromatic nitrogens is 4. The molecule has 0 bridgehead atoms. The summed E-state index contributed by atoms with van der Waals surface area (Å²) in [5, 5.41) is 29.2. The first-order valence-electron chi connectivity index (χ1n) is 5.66. The van der Waals surface area contributed by atoms with Crippen LogP contribution in [0.25, 0.3) is 0 Å². The van der Waals surface area contributed by atoms with Crippen molar-refractivity contribution < 1.29 is 23.1 Å². The number of amides is 1. The summed E-state index contributed by atoms with van der Waals surface area (Å²) < 4.78 is 22.9. The Labute approximate surface area is 123 Å². The first-order chi connectivity index (χ1) is 10.2. The molecule has 0 radical (unpaired) electrons. The van der Waals surface area contributed by atoms with Crippen molar-refractivity contribution in [3.05, 3.63) is 23.3 Å². The molecule has 1 amide bonds. The van der Waals surface area contributed by atoms with Crippen LogP contribution in [0, 0.1) is 0 Å². The Morgan fingerprint density at radius 2 is 1.95 bits per heavy atom. The number of phenols is 1. The smallest absolute Gasteiger partial charge is 0.261 e. The summed E-state index contributed by atoms with van der Waals surface area (Å²) in [5.41, 5.74) is -0.819. The number of anilines is 1. The Bertz CT molecular complexity index is 845. The molecule has 1 aromatic carbocycles. The van der Waals surface area contributed by atoms with Crippen molar-refractivity contribution in [1.29, 1.82) is 0 Å². The monoisotopic (exact) mass is 326 g/mol. The number of benzene rings is 1. The largest absolute Gasteiger partial charge is 0.506 e. The molecule has 0 fully saturated rings. The first-order valence-corrected chi connectivity index (χ1v) is 7.20. The van der Waals surface area contributed by atoms with Gasteiger partial charge in [-0.2, -0.15) is 0 Å². The van der Waals surface area contributed by atoms with Crippen LogP contribution in [0.1, 0.15) is 27.6 Å². The maximum Gasteiger partial charge on any atom is 0.261 e. The molecule has 2 aromatic rings. The number of nitrogens with one attached hydrogen (secondary N) is 2. The van der Waals surface area contributed by atoms with Gasteiger partial charge in [-0.25, -0.2) is 18.7 Å². The second-order valence-electron chi connectivity index (χ2n) is 4.17. The number of carbonyl (C=O) groups is 2. The highest BCUT2D eigenvalue weighted by Gasteiger charge is 2.22. The Morgan fingerprint density at radius 1 is 1.32 bits per heavy atom. The van der Waals surface area contributed by atoms with Gasteiger partial charge in [0.15, 0.2) is 5.78 Å². The number of hydrogen-bond donors (Lipinski definition) is 4. The van der Waals surface area contributed by atoms with E-state index in [0.29, 0.717) is 0 Å². The molecule has 1 heterocycles. The fourth-order valence-corrected chi connectivity index (χ4v) is 2.16. The Morgan fingerprint density at radius 3 is 2.45 bits per heavy atom. The average molecular weight is 326 g/mol. The number of phenolic OH excluding ortho intramolecular Hbond substituents is 1. The SMILES string of the molecule is CC(=O)c1cc(S(N)(=O)=O)cc(C(=O)Nc2nnn[nH]2)c1O. The van der Waals surface area contributed by atoms with Crippen LogP contribution in [-0.2, 0) is 10.0 Å². The molecule has 116 valence electrons. The molecule has 0 aliphatic heterocycles. The van der Waals surface area contributed by atoms with Crippen LogP contribution >= 0.6 is 0 Å². The summed E-state index contributed by atoms with van der Waals surface area (Å²) in [7, 11) is -4.19. The summed E-state index contributed by atoms with van der Waals surface area (Å²) in [5.74, 6) is -2.37. The maximum atomic E-state index is 12.1. The lowest BCUT2D eigenvalue weighted by atomic mass is 10.1. The van der Waals surface area contributed by atoms with Gasteiger partial charge >= 0.3 is 0 Å². The van der Waals surface area contributed by atoms with Crippen molar-refractivity contribution in [1.82, 2.24) is 20.6 Å². The molecule has 0 aliphatic carbocycles. The van der Waals surface area contributed by atoms with E-state index >= 15 is 0 Å². The standard InChI is InChI=1S/C10H10N6O5S/c1-4(17)6-2-5(22(11,20)21)3-7(8(6)18)9(19)12-10-13-15-16-14-10/h2-3,18H,1H3,(H2,11,20,21)(H2,12,13,14,15,16,19). The van der Waals surface area contributed by atoms with Crippen molar-refractivity contribution in [2.24, 2.45) is 5.14 Å². The number of nitrogens with zero attached hydrogens (tertiary/aromatic N) is 3. The zero-order chi connectivity index (χ0) is 16.5. The maximum absolute atomic E-state index is 12.1. The van der Waals surface area contributed by atoms with Crippen molar-refractivity contribution in [2.45, 2.75) is 11.8 Å². The van der Waals surface area contributed by atoms with E-state index < -0.39 is 37.9 Å². The van der Waals surface area contributed by atoms with Crippen molar-refractivity contribution >= 4 is 27.7 Å². The minimum Gasteiger partial charge on any atom is -0.506 e. The molecular weight excluding hydrogens is 316 g/mol. The summed E-state index contributed by atoms with van der Waals surface area (Å²) in [4.78, 5) is 23.0. The zero-order valence-corrected chi connectivity index (χ0v) is 11.9. The number of aromatic amines is 1. The minimum absolute atomic E-state index is 0.130. The number of Topliss-reactive ketones (excluding diaryl/α,β-unsaturated/α-hetero) is 1. The fraction of sp³-hybridized carbons (Fsp3) is 0.100. The second-order valence-corrected chi connectivity index (χ2v) is 5.73.